The van der Waals surface area contributed by atoms with E-state index in [1.807, 2.05) is 30.0 Å². The van der Waals surface area contributed by atoms with E-state index in [2.05, 4.69) is 0 Å². The number of hydrogen-bond acceptors (Lipinski definition) is 4. The number of benzene rings is 1. The largest absolute Gasteiger partial charge is 0.481 e. The fraction of sp³-hybridized carbons (Fsp3) is 0.429. The number of carboxylic acid groups (broad SMARTS) is 1. The summed E-state index contributed by atoms with van der Waals surface area (Å²) in [7, 11) is 1.71. The summed E-state index contributed by atoms with van der Waals surface area (Å²) in [5.74, 6) is -0.246. The summed E-state index contributed by atoms with van der Waals surface area (Å²) in [5, 5.41) is 8.77. The molecule has 0 aromatic heterocycles. The Morgan fingerprint density at radius 1 is 1.50 bits per heavy atom. The van der Waals surface area contributed by atoms with Crippen molar-refractivity contribution in [1.82, 2.24) is 0 Å². The zero-order chi connectivity index (χ0) is 14.7. The Morgan fingerprint density at radius 3 is 2.90 bits per heavy atom. The molecule has 108 valence electrons. The van der Waals surface area contributed by atoms with Gasteiger partial charge in [-0.2, -0.15) is 0 Å². The van der Waals surface area contributed by atoms with Crippen LogP contribution in [0.5, 0.6) is 5.75 Å². The maximum atomic E-state index is 11.5. The first-order chi connectivity index (χ1) is 9.52. The minimum Gasteiger partial charge on any atom is -0.481 e. The van der Waals surface area contributed by atoms with Gasteiger partial charge in [-0.25, -0.2) is 0 Å². The molecule has 1 heterocycles. The van der Waals surface area contributed by atoms with Gasteiger partial charge in [0.25, 0.3) is 5.91 Å². The lowest BCUT2D eigenvalue weighted by atomic mass is 10.2. The third-order valence-corrected chi connectivity index (χ3v) is 3.37. The third kappa shape index (κ3) is 2.84. The summed E-state index contributed by atoms with van der Waals surface area (Å²) < 4.78 is 5.43. The van der Waals surface area contributed by atoms with E-state index in [1.165, 1.54) is 0 Å². The van der Waals surface area contributed by atoms with Gasteiger partial charge in [0.1, 0.15) is 5.75 Å². The maximum Gasteiger partial charge on any atom is 0.305 e. The summed E-state index contributed by atoms with van der Waals surface area (Å²) >= 11 is 0. The van der Waals surface area contributed by atoms with Gasteiger partial charge in [0.2, 0.25) is 0 Å². The minimum atomic E-state index is -0.817. The number of carbonyl (C=O) groups is 2. The number of anilines is 2. The van der Waals surface area contributed by atoms with Crippen LogP contribution in [0.25, 0.3) is 0 Å². The Balaban J connectivity index is 2.21. The van der Waals surface area contributed by atoms with Crippen LogP contribution in [0.3, 0.4) is 0 Å². The van der Waals surface area contributed by atoms with E-state index in [1.54, 1.807) is 11.9 Å². The van der Waals surface area contributed by atoms with Gasteiger partial charge in [0.05, 0.1) is 12.1 Å². The van der Waals surface area contributed by atoms with Crippen LogP contribution in [0.15, 0.2) is 18.2 Å². The number of carbonyl (C=O) groups excluding carboxylic acids is 1. The monoisotopic (exact) mass is 278 g/mol. The second kappa shape index (κ2) is 5.81. The highest BCUT2D eigenvalue weighted by molar-refractivity contribution is 5.97. The van der Waals surface area contributed by atoms with Gasteiger partial charge in [-0.05, 0) is 19.1 Å². The average Bonchev–Trinajstić information content (AvgIpc) is 2.43. The van der Waals surface area contributed by atoms with Crippen molar-refractivity contribution in [3.63, 3.8) is 0 Å². The highest BCUT2D eigenvalue weighted by Gasteiger charge is 2.22. The van der Waals surface area contributed by atoms with Crippen LogP contribution in [0.1, 0.15) is 13.3 Å². The molecule has 1 aromatic rings. The number of fused-ring (bicyclic) bond motifs is 1. The predicted octanol–water partition coefficient (Wildman–Crippen LogP) is 1.34. The number of likely N-dealkylation sites (N-methyl/N-ethyl adjacent to an activating group) is 1. The standard InChI is InChI=1S/C14H18N2O4/c1-3-16(7-6-14(18)19)10-4-5-11-12(8-10)20-9-13(17)15(11)2/h4-5,8H,3,6-7,9H2,1-2H3,(H,18,19). The number of hydrogen-bond donors (Lipinski definition) is 1. The molecule has 0 radical (unpaired) electrons. The lowest BCUT2D eigenvalue weighted by Gasteiger charge is -2.28. The zero-order valence-electron chi connectivity index (χ0n) is 11.6. The molecular formula is C14H18N2O4. The number of amides is 1. The Morgan fingerprint density at radius 2 is 2.25 bits per heavy atom. The molecule has 1 N–H and O–H groups in total. The quantitative estimate of drug-likeness (QED) is 0.880. The molecule has 20 heavy (non-hydrogen) atoms. The average molecular weight is 278 g/mol. The number of nitrogens with zero attached hydrogens (tertiary/aromatic N) is 2. The van der Waals surface area contributed by atoms with Crippen molar-refractivity contribution >= 4 is 23.3 Å². The second-order valence-electron chi connectivity index (χ2n) is 4.62. The van der Waals surface area contributed by atoms with Crippen LogP contribution in [0.4, 0.5) is 11.4 Å². The Bertz CT molecular complexity index is 530. The fourth-order valence-corrected chi connectivity index (χ4v) is 2.16. The van der Waals surface area contributed by atoms with Gasteiger partial charge in [0.15, 0.2) is 6.61 Å². The lowest BCUT2D eigenvalue weighted by Crippen LogP contribution is -2.35. The highest BCUT2D eigenvalue weighted by atomic mass is 16.5. The summed E-state index contributed by atoms with van der Waals surface area (Å²) in [4.78, 5) is 25.7. The van der Waals surface area contributed by atoms with Crippen molar-refractivity contribution in [2.75, 3.05) is 36.5 Å². The van der Waals surface area contributed by atoms with Gasteiger partial charge in [0, 0.05) is 31.9 Å². The van der Waals surface area contributed by atoms with Gasteiger partial charge >= 0.3 is 5.97 Å². The normalized spacial score (nSPS) is 13.7. The van der Waals surface area contributed by atoms with Crippen LogP contribution in [0.2, 0.25) is 0 Å². The molecule has 0 spiro atoms. The second-order valence-corrected chi connectivity index (χ2v) is 4.62. The smallest absolute Gasteiger partial charge is 0.305 e. The van der Waals surface area contributed by atoms with Crippen molar-refractivity contribution in [2.45, 2.75) is 13.3 Å². The molecule has 0 saturated heterocycles. The SMILES string of the molecule is CCN(CCC(=O)O)c1ccc2c(c1)OCC(=O)N2C. The van der Waals surface area contributed by atoms with E-state index in [9.17, 15) is 9.59 Å². The maximum absolute atomic E-state index is 11.5. The fourth-order valence-electron chi connectivity index (χ4n) is 2.16. The first-order valence-corrected chi connectivity index (χ1v) is 6.53. The van der Waals surface area contributed by atoms with Crippen LogP contribution >= 0.6 is 0 Å². The molecule has 1 amide bonds. The van der Waals surface area contributed by atoms with Gasteiger partial charge in [-0.3, -0.25) is 9.59 Å². The highest BCUT2D eigenvalue weighted by Crippen LogP contribution is 2.34. The molecule has 1 aliphatic rings. The summed E-state index contributed by atoms with van der Waals surface area (Å²) in [6.45, 7) is 3.16. The van der Waals surface area contributed by atoms with Crippen LogP contribution in [0, 0.1) is 0 Å². The molecule has 6 heteroatoms. The Hall–Kier alpha value is -2.24. The number of carboxylic acids is 1. The molecule has 0 bridgehead atoms. The Kier molecular flexibility index (Phi) is 4.12. The van der Waals surface area contributed by atoms with Crippen molar-refractivity contribution in [3.8, 4) is 5.75 Å². The first-order valence-electron chi connectivity index (χ1n) is 6.53. The van der Waals surface area contributed by atoms with Gasteiger partial charge in [-0.1, -0.05) is 0 Å². The van der Waals surface area contributed by atoms with Crippen LogP contribution < -0.4 is 14.5 Å². The van der Waals surface area contributed by atoms with E-state index in [0.717, 1.165) is 11.4 Å². The molecule has 0 fully saturated rings. The van der Waals surface area contributed by atoms with E-state index < -0.39 is 5.97 Å². The van der Waals surface area contributed by atoms with Crippen molar-refractivity contribution < 1.29 is 19.4 Å². The van der Waals surface area contributed by atoms with Gasteiger partial charge in [-0.15, -0.1) is 0 Å². The van der Waals surface area contributed by atoms with Gasteiger partial charge < -0.3 is 19.6 Å². The predicted molar refractivity (Wildman–Crippen MR) is 75.5 cm³/mol. The van der Waals surface area contributed by atoms with E-state index in [-0.39, 0.29) is 18.9 Å². The lowest BCUT2D eigenvalue weighted by molar-refractivity contribution is -0.136. The molecule has 6 nitrogen and oxygen atoms in total. The van der Waals surface area contributed by atoms with Crippen molar-refractivity contribution in [2.24, 2.45) is 0 Å². The molecule has 2 rings (SSSR count). The van der Waals surface area contributed by atoms with E-state index in [4.69, 9.17) is 9.84 Å². The van der Waals surface area contributed by atoms with Crippen LogP contribution in [-0.4, -0.2) is 43.7 Å². The molecule has 0 atom stereocenters. The van der Waals surface area contributed by atoms with E-state index >= 15 is 0 Å². The van der Waals surface area contributed by atoms with Crippen molar-refractivity contribution in [1.29, 1.82) is 0 Å². The summed E-state index contributed by atoms with van der Waals surface area (Å²) in [6, 6.07) is 5.55. The zero-order valence-corrected chi connectivity index (χ0v) is 11.6. The van der Waals surface area contributed by atoms with E-state index in [0.29, 0.717) is 18.8 Å². The Labute approximate surface area is 117 Å². The van der Waals surface area contributed by atoms with Crippen molar-refractivity contribution in [3.05, 3.63) is 18.2 Å². The molecule has 0 saturated carbocycles. The number of aliphatic carboxylic acids is 1. The molecule has 0 aliphatic carbocycles. The number of ether oxygens (including phenoxy) is 1. The molecule has 0 unspecified atom stereocenters. The summed E-state index contributed by atoms with van der Waals surface area (Å²) in [5.41, 5.74) is 1.63. The third-order valence-electron chi connectivity index (χ3n) is 3.37. The first kappa shape index (κ1) is 14.2. The molecular weight excluding hydrogens is 260 g/mol. The number of rotatable bonds is 5. The topological polar surface area (TPSA) is 70.1 Å². The minimum absolute atomic E-state index is 0.0359. The molecule has 1 aromatic carbocycles. The summed E-state index contributed by atoms with van der Waals surface area (Å²) in [6.07, 6.45) is 0.0875. The molecule has 1 aliphatic heterocycles. The van der Waals surface area contributed by atoms with Crippen LogP contribution in [-0.2, 0) is 9.59 Å².